The summed E-state index contributed by atoms with van der Waals surface area (Å²) < 4.78 is 2.02. The highest BCUT2D eigenvalue weighted by molar-refractivity contribution is 8.26. The van der Waals surface area contributed by atoms with Crippen molar-refractivity contribution in [3.63, 3.8) is 0 Å². The van der Waals surface area contributed by atoms with E-state index in [4.69, 9.17) is 28.8 Å². The van der Waals surface area contributed by atoms with Crippen LogP contribution >= 0.6 is 35.6 Å². The molecule has 2 saturated heterocycles. The molecule has 36 heavy (non-hydrogen) atoms. The third-order valence-corrected chi connectivity index (χ3v) is 8.54. The number of carbonyl (C=O) groups excluding carboxylic acids is 1. The van der Waals surface area contributed by atoms with Crippen LogP contribution in [0.2, 0.25) is 5.02 Å². The average molecular weight is 539 g/mol. The number of anilines is 1. The minimum Gasteiger partial charge on any atom is -0.353 e. The number of pyridine rings is 1. The quantitative estimate of drug-likeness (QED) is 0.301. The lowest BCUT2D eigenvalue weighted by Gasteiger charge is -2.37. The van der Waals surface area contributed by atoms with Gasteiger partial charge in [-0.1, -0.05) is 66.8 Å². The first-order valence-electron chi connectivity index (χ1n) is 12.2. The highest BCUT2D eigenvalue weighted by Crippen LogP contribution is 2.36. The predicted octanol–water partition coefficient (Wildman–Crippen LogP) is 5.83. The number of thioether (sulfide) groups is 1. The number of carbonyl (C=O) groups is 1. The second kappa shape index (κ2) is 10.4. The molecular formula is C27H27ClN4O2S2. The van der Waals surface area contributed by atoms with Crippen molar-refractivity contribution in [1.29, 1.82) is 0 Å². The molecule has 9 heteroatoms. The van der Waals surface area contributed by atoms with E-state index in [2.05, 4.69) is 11.8 Å². The Bertz CT molecular complexity index is 1450. The van der Waals surface area contributed by atoms with Crippen LogP contribution in [0.25, 0.3) is 11.7 Å². The van der Waals surface area contributed by atoms with E-state index in [1.54, 1.807) is 27.6 Å². The van der Waals surface area contributed by atoms with Crippen molar-refractivity contribution in [1.82, 2.24) is 14.3 Å². The van der Waals surface area contributed by atoms with E-state index in [1.807, 2.05) is 37.3 Å². The van der Waals surface area contributed by atoms with Crippen LogP contribution in [0.1, 0.15) is 49.3 Å². The third-order valence-electron chi connectivity index (χ3n) is 6.79. The number of aryl methyl sites for hydroxylation is 1. The number of hydrogen-bond donors (Lipinski definition) is 0. The molecule has 1 atom stereocenters. The van der Waals surface area contributed by atoms with E-state index in [0.29, 0.717) is 37.3 Å². The number of amides is 1. The number of rotatable bonds is 5. The van der Waals surface area contributed by atoms with Gasteiger partial charge in [-0.15, -0.1) is 0 Å². The molecule has 5 rings (SSSR count). The van der Waals surface area contributed by atoms with Crippen LogP contribution in [-0.4, -0.2) is 37.1 Å². The lowest BCUT2D eigenvalue weighted by atomic mass is 9.99. The summed E-state index contributed by atoms with van der Waals surface area (Å²) in [6.07, 6.45) is 7.72. The number of thiocarbonyl (C=S) groups is 1. The van der Waals surface area contributed by atoms with Gasteiger partial charge in [0.2, 0.25) is 0 Å². The van der Waals surface area contributed by atoms with E-state index in [-0.39, 0.29) is 18.0 Å². The summed E-state index contributed by atoms with van der Waals surface area (Å²) in [7, 11) is 0. The molecule has 1 amide bonds. The number of hydrogen-bond acceptors (Lipinski definition) is 6. The second-order valence-corrected chi connectivity index (χ2v) is 11.3. The van der Waals surface area contributed by atoms with Crippen LogP contribution < -0.4 is 10.5 Å². The van der Waals surface area contributed by atoms with Crippen molar-refractivity contribution < 1.29 is 4.79 Å². The standard InChI is InChI=1S/C27H27ClN4O2S2/c1-3-19-9-6-7-13-30(19)24-20(25(33)31-15-17(2)11-12-23(31)29-24)14-22-26(34)32(27(35)36-22)16-18-8-4-5-10-21(18)28/h4-5,8,10-12,14-15,19H,3,6-7,9,13,16H2,1-2H3/b22-14+. The first-order valence-corrected chi connectivity index (χ1v) is 13.8. The van der Waals surface area contributed by atoms with Crippen LogP contribution in [0.3, 0.4) is 0 Å². The normalized spacial score (nSPS) is 19.6. The zero-order chi connectivity index (χ0) is 25.4. The molecule has 4 heterocycles. The first-order chi connectivity index (χ1) is 17.4. The summed E-state index contributed by atoms with van der Waals surface area (Å²) in [5.41, 5.74) is 2.62. The molecule has 2 aliphatic rings. The van der Waals surface area contributed by atoms with Crippen molar-refractivity contribution in [2.75, 3.05) is 11.4 Å². The van der Waals surface area contributed by atoms with E-state index >= 15 is 0 Å². The molecule has 2 fully saturated rings. The molecule has 0 N–H and O–H groups in total. The van der Waals surface area contributed by atoms with Gasteiger partial charge in [-0.3, -0.25) is 18.9 Å². The lowest BCUT2D eigenvalue weighted by molar-refractivity contribution is -0.122. The summed E-state index contributed by atoms with van der Waals surface area (Å²) in [4.78, 5) is 36.4. The maximum absolute atomic E-state index is 13.8. The fourth-order valence-corrected chi connectivity index (χ4v) is 6.29. The van der Waals surface area contributed by atoms with Gasteiger partial charge in [-0.05, 0) is 61.9 Å². The summed E-state index contributed by atoms with van der Waals surface area (Å²) in [5, 5.41) is 0.584. The van der Waals surface area contributed by atoms with Gasteiger partial charge in [-0.25, -0.2) is 4.98 Å². The van der Waals surface area contributed by atoms with Crippen LogP contribution in [-0.2, 0) is 11.3 Å². The molecule has 2 aromatic heterocycles. The molecule has 0 spiro atoms. The molecule has 6 nitrogen and oxygen atoms in total. The highest BCUT2D eigenvalue weighted by atomic mass is 35.5. The first kappa shape index (κ1) is 25.0. The monoisotopic (exact) mass is 538 g/mol. The maximum atomic E-state index is 13.8. The minimum absolute atomic E-state index is 0.185. The zero-order valence-electron chi connectivity index (χ0n) is 20.2. The number of aromatic nitrogens is 2. The summed E-state index contributed by atoms with van der Waals surface area (Å²) in [6, 6.07) is 11.5. The molecule has 0 radical (unpaired) electrons. The van der Waals surface area contributed by atoms with Crippen molar-refractivity contribution >= 4 is 63.3 Å². The van der Waals surface area contributed by atoms with Crippen LogP contribution in [0.4, 0.5) is 5.82 Å². The van der Waals surface area contributed by atoms with E-state index < -0.39 is 0 Å². The van der Waals surface area contributed by atoms with Crippen LogP contribution in [0.15, 0.2) is 52.3 Å². The van der Waals surface area contributed by atoms with Gasteiger partial charge in [0.05, 0.1) is 17.0 Å². The fourth-order valence-electron chi connectivity index (χ4n) is 4.86. The highest BCUT2D eigenvalue weighted by Gasteiger charge is 2.34. The lowest BCUT2D eigenvalue weighted by Crippen LogP contribution is -2.41. The SMILES string of the molecule is CCC1CCCCN1c1nc2ccc(C)cn2c(=O)c1/C=C1/SC(=S)N(Cc2ccccc2Cl)C1=O. The van der Waals surface area contributed by atoms with Gasteiger partial charge >= 0.3 is 0 Å². The Morgan fingerprint density at radius 2 is 2.00 bits per heavy atom. The predicted molar refractivity (Wildman–Crippen MR) is 152 cm³/mol. The number of piperidine rings is 1. The Balaban J connectivity index is 1.60. The van der Waals surface area contributed by atoms with Crippen LogP contribution in [0.5, 0.6) is 0 Å². The molecular weight excluding hydrogens is 512 g/mol. The van der Waals surface area contributed by atoms with E-state index in [0.717, 1.165) is 43.4 Å². The topological polar surface area (TPSA) is 57.9 Å². The Hall–Kier alpha value is -2.68. The fraction of sp³-hybridized carbons (Fsp3) is 0.333. The smallest absolute Gasteiger partial charge is 0.267 e. The molecule has 0 saturated carbocycles. The van der Waals surface area contributed by atoms with Gasteiger partial charge in [0.25, 0.3) is 11.5 Å². The molecule has 3 aromatic rings. The second-order valence-electron chi connectivity index (χ2n) is 9.20. The van der Waals surface area contributed by atoms with Gasteiger partial charge < -0.3 is 4.90 Å². The molecule has 0 aliphatic carbocycles. The van der Waals surface area contributed by atoms with E-state index in [1.165, 1.54) is 11.8 Å². The molecule has 186 valence electrons. The molecule has 1 aromatic carbocycles. The number of halogens is 1. The average Bonchev–Trinajstić information content (AvgIpc) is 3.14. The Morgan fingerprint density at radius 1 is 1.19 bits per heavy atom. The Kier molecular flexibility index (Phi) is 7.19. The van der Waals surface area contributed by atoms with Crippen molar-refractivity contribution in [3.8, 4) is 0 Å². The van der Waals surface area contributed by atoms with Gasteiger partial charge in [-0.2, -0.15) is 0 Å². The zero-order valence-corrected chi connectivity index (χ0v) is 22.6. The molecule has 2 aliphatic heterocycles. The summed E-state index contributed by atoms with van der Waals surface area (Å²) in [6.45, 7) is 5.23. The summed E-state index contributed by atoms with van der Waals surface area (Å²) >= 11 is 13.1. The Morgan fingerprint density at radius 3 is 2.78 bits per heavy atom. The van der Waals surface area contributed by atoms with Gasteiger partial charge in [0.15, 0.2) is 0 Å². The van der Waals surface area contributed by atoms with Crippen molar-refractivity contribution in [3.05, 3.63) is 79.6 Å². The van der Waals surface area contributed by atoms with Crippen LogP contribution in [0, 0.1) is 6.92 Å². The number of benzene rings is 1. The maximum Gasteiger partial charge on any atom is 0.267 e. The largest absolute Gasteiger partial charge is 0.353 e. The minimum atomic E-state index is -0.227. The van der Waals surface area contributed by atoms with Crippen molar-refractivity contribution in [2.45, 2.75) is 52.1 Å². The van der Waals surface area contributed by atoms with E-state index in [9.17, 15) is 9.59 Å². The number of nitrogens with zero attached hydrogens (tertiary/aromatic N) is 4. The third kappa shape index (κ3) is 4.69. The molecule has 1 unspecified atom stereocenters. The number of fused-ring (bicyclic) bond motifs is 1. The summed E-state index contributed by atoms with van der Waals surface area (Å²) in [5.74, 6) is 0.419. The molecule has 0 bridgehead atoms. The van der Waals surface area contributed by atoms with Gasteiger partial charge in [0, 0.05) is 23.8 Å². The van der Waals surface area contributed by atoms with Crippen molar-refractivity contribution in [2.24, 2.45) is 0 Å². The Labute approximate surface area is 225 Å². The van der Waals surface area contributed by atoms with Gasteiger partial charge in [0.1, 0.15) is 15.8 Å².